The van der Waals surface area contributed by atoms with E-state index in [4.69, 9.17) is 14.2 Å². The van der Waals surface area contributed by atoms with Gasteiger partial charge in [-0.25, -0.2) is 0 Å². The van der Waals surface area contributed by atoms with E-state index < -0.39 is 6.04 Å². The number of benzene rings is 2. The minimum Gasteiger partial charge on any atom is -0.497 e. The van der Waals surface area contributed by atoms with E-state index in [1.165, 1.54) is 0 Å². The second-order valence-corrected chi connectivity index (χ2v) is 8.22. The van der Waals surface area contributed by atoms with E-state index in [1.807, 2.05) is 43.3 Å². The van der Waals surface area contributed by atoms with Crippen LogP contribution in [0.1, 0.15) is 44.6 Å². The van der Waals surface area contributed by atoms with E-state index in [9.17, 15) is 9.59 Å². The molecule has 7 heteroatoms. The summed E-state index contributed by atoms with van der Waals surface area (Å²) in [6.45, 7) is 2.03. The highest BCUT2D eigenvalue weighted by molar-refractivity contribution is 5.88. The molecule has 0 aromatic heterocycles. The summed E-state index contributed by atoms with van der Waals surface area (Å²) in [5.74, 6) is 1.41. The highest BCUT2D eigenvalue weighted by atomic mass is 16.5. The van der Waals surface area contributed by atoms with Crippen molar-refractivity contribution in [1.82, 2.24) is 10.2 Å². The molecule has 0 aliphatic heterocycles. The summed E-state index contributed by atoms with van der Waals surface area (Å²) in [7, 11) is 3.17. The van der Waals surface area contributed by atoms with Crippen LogP contribution in [0.5, 0.6) is 17.2 Å². The number of methoxy groups -OCH3 is 2. The van der Waals surface area contributed by atoms with Gasteiger partial charge >= 0.3 is 0 Å². The fourth-order valence-electron chi connectivity index (χ4n) is 4.18. The lowest BCUT2D eigenvalue weighted by Crippen LogP contribution is -2.52. The number of para-hydroxylation sites is 2. The minimum absolute atomic E-state index is 0.108. The topological polar surface area (TPSA) is 77.1 Å². The molecule has 33 heavy (non-hydrogen) atoms. The van der Waals surface area contributed by atoms with Gasteiger partial charge in [0, 0.05) is 12.6 Å². The van der Waals surface area contributed by atoms with Gasteiger partial charge in [-0.15, -0.1) is 0 Å². The van der Waals surface area contributed by atoms with Crippen molar-refractivity contribution in [3.8, 4) is 17.2 Å². The number of nitrogens with zero attached hydrogens (tertiary/aromatic N) is 1. The molecule has 1 aliphatic rings. The van der Waals surface area contributed by atoms with Crippen molar-refractivity contribution in [1.29, 1.82) is 0 Å². The third kappa shape index (κ3) is 6.63. The van der Waals surface area contributed by atoms with Crippen molar-refractivity contribution >= 4 is 11.8 Å². The van der Waals surface area contributed by atoms with Crippen LogP contribution in [-0.2, 0) is 16.1 Å². The quantitative estimate of drug-likeness (QED) is 0.556. The lowest BCUT2D eigenvalue weighted by molar-refractivity contribution is -0.143. The number of nitrogens with one attached hydrogen (secondary N) is 1. The van der Waals surface area contributed by atoms with E-state index in [-0.39, 0.29) is 24.5 Å². The number of carbonyl (C=O) groups is 2. The molecule has 1 saturated carbocycles. The van der Waals surface area contributed by atoms with Crippen LogP contribution >= 0.6 is 0 Å². The van der Waals surface area contributed by atoms with Gasteiger partial charge in [0.2, 0.25) is 5.91 Å². The summed E-state index contributed by atoms with van der Waals surface area (Å²) in [6, 6.07) is 14.3. The zero-order valence-corrected chi connectivity index (χ0v) is 19.7. The van der Waals surface area contributed by atoms with Gasteiger partial charge in [-0.3, -0.25) is 9.59 Å². The minimum atomic E-state index is -0.582. The average molecular weight is 455 g/mol. The number of ether oxygens (including phenoxy) is 3. The first-order chi connectivity index (χ1) is 16.0. The zero-order valence-electron chi connectivity index (χ0n) is 19.7. The monoisotopic (exact) mass is 454 g/mol. The van der Waals surface area contributed by atoms with Crippen LogP contribution in [0.4, 0.5) is 0 Å². The molecule has 2 aromatic carbocycles. The van der Waals surface area contributed by atoms with Gasteiger partial charge in [0.25, 0.3) is 5.91 Å². The first kappa shape index (κ1) is 24.4. The predicted molar refractivity (Wildman–Crippen MR) is 127 cm³/mol. The van der Waals surface area contributed by atoms with E-state index in [0.717, 1.165) is 37.0 Å². The molecule has 1 fully saturated rings. The van der Waals surface area contributed by atoms with Crippen LogP contribution < -0.4 is 19.5 Å². The van der Waals surface area contributed by atoms with Gasteiger partial charge in [0.1, 0.15) is 11.8 Å². The largest absolute Gasteiger partial charge is 0.497 e. The molecule has 0 heterocycles. The molecule has 0 unspecified atom stereocenters. The molecular weight excluding hydrogens is 420 g/mol. The Morgan fingerprint density at radius 3 is 2.27 bits per heavy atom. The number of amides is 2. The van der Waals surface area contributed by atoms with Crippen molar-refractivity contribution in [3.05, 3.63) is 54.1 Å². The normalized spacial score (nSPS) is 14.4. The fourth-order valence-corrected chi connectivity index (χ4v) is 4.18. The molecule has 2 amide bonds. The van der Waals surface area contributed by atoms with E-state index >= 15 is 0 Å². The van der Waals surface area contributed by atoms with Gasteiger partial charge < -0.3 is 24.4 Å². The molecule has 0 radical (unpaired) electrons. The molecule has 1 atom stereocenters. The van der Waals surface area contributed by atoms with Gasteiger partial charge in [-0.05, 0) is 49.1 Å². The third-order valence-electron chi connectivity index (χ3n) is 6.02. The van der Waals surface area contributed by atoms with Crippen LogP contribution in [0.3, 0.4) is 0 Å². The van der Waals surface area contributed by atoms with Crippen molar-refractivity contribution < 1.29 is 23.8 Å². The van der Waals surface area contributed by atoms with Crippen LogP contribution in [0.25, 0.3) is 0 Å². The van der Waals surface area contributed by atoms with Crippen LogP contribution in [-0.4, -0.2) is 49.6 Å². The summed E-state index contributed by atoms with van der Waals surface area (Å²) in [4.78, 5) is 28.1. The van der Waals surface area contributed by atoms with E-state index in [2.05, 4.69) is 5.32 Å². The standard InChI is InChI=1S/C26H34N2O5/c1-4-22(26(30)27-20-9-5-6-10-20)28(17-19-13-15-21(31-2)16-14-19)25(29)18-33-24-12-8-7-11-23(24)32-3/h7-8,11-16,20,22H,4-6,9-10,17-18H2,1-3H3,(H,27,30)/t22-/m0/s1. The maximum absolute atomic E-state index is 13.3. The lowest BCUT2D eigenvalue weighted by atomic mass is 10.1. The van der Waals surface area contributed by atoms with Crippen molar-refractivity contribution in [2.75, 3.05) is 20.8 Å². The Hall–Kier alpha value is -3.22. The Balaban J connectivity index is 1.77. The molecule has 0 spiro atoms. The Labute approximate surface area is 196 Å². The summed E-state index contributed by atoms with van der Waals surface area (Å²) in [5.41, 5.74) is 0.911. The summed E-state index contributed by atoms with van der Waals surface area (Å²) >= 11 is 0. The Bertz CT molecular complexity index is 909. The number of hydrogen-bond acceptors (Lipinski definition) is 5. The first-order valence-corrected chi connectivity index (χ1v) is 11.5. The summed E-state index contributed by atoms with van der Waals surface area (Å²) in [5, 5.41) is 3.15. The van der Waals surface area contributed by atoms with Gasteiger partial charge in [0.05, 0.1) is 14.2 Å². The zero-order chi connectivity index (χ0) is 23.6. The van der Waals surface area contributed by atoms with Crippen molar-refractivity contribution in [3.63, 3.8) is 0 Å². The maximum Gasteiger partial charge on any atom is 0.261 e. The molecule has 2 aromatic rings. The van der Waals surface area contributed by atoms with Crippen LogP contribution in [0, 0.1) is 0 Å². The molecule has 0 bridgehead atoms. The number of hydrogen-bond donors (Lipinski definition) is 1. The third-order valence-corrected chi connectivity index (χ3v) is 6.02. The maximum atomic E-state index is 13.3. The average Bonchev–Trinajstić information content (AvgIpc) is 3.36. The smallest absolute Gasteiger partial charge is 0.261 e. The second-order valence-electron chi connectivity index (χ2n) is 8.22. The SMILES string of the molecule is CC[C@@H](C(=O)NC1CCCC1)N(Cc1ccc(OC)cc1)C(=O)COc1ccccc1OC. The molecule has 0 saturated heterocycles. The molecule has 1 aliphatic carbocycles. The summed E-state index contributed by atoms with van der Waals surface area (Å²) < 4.78 is 16.3. The Morgan fingerprint density at radius 2 is 1.67 bits per heavy atom. The highest BCUT2D eigenvalue weighted by Gasteiger charge is 2.31. The molecule has 3 rings (SSSR count). The van der Waals surface area contributed by atoms with Crippen LogP contribution in [0.2, 0.25) is 0 Å². The fraction of sp³-hybridized carbons (Fsp3) is 0.462. The molecule has 1 N–H and O–H groups in total. The van der Waals surface area contributed by atoms with Crippen LogP contribution in [0.15, 0.2) is 48.5 Å². The molecular formula is C26H34N2O5. The first-order valence-electron chi connectivity index (χ1n) is 11.5. The lowest BCUT2D eigenvalue weighted by Gasteiger charge is -2.31. The summed E-state index contributed by atoms with van der Waals surface area (Å²) in [6.07, 6.45) is 4.75. The van der Waals surface area contributed by atoms with Gasteiger partial charge in [0.15, 0.2) is 18.1 Å². The van der Waals surface area contributed by atoms with Crippen molar-refractivity contribution in [2.45, 2.75) is 57.7 Å². The molecule has 7 nitrogen and oxygen atoms in total. The number of carbonyl (C=O) groups excluding carboxylic acids is 2. The van der Waals surface area contributed by atoms with Gasteiger partial charge in [-0.1, -0.05) is 44.0 Å². The number of rotatable bonds is 11. The van der Waals surface area contributed by atoms with Gasteiger partial charge in [-0.2, -0.15) is 0 Å². The second kappa shape index (κ2) is 12.1. The Morgan fingerprint density at radius 1 is 1.00 bits per heavy atom. The Kier molecular flexibility index (Phi) is 8.98. The highest BCUT2D eigenvalue weighted by Crippen LogP contribution is 2.26. The molecule has 178 valence electrons. The van der Waals surface area contributed by atoms with Crippen molar-refractivity contribution in [2.24, 2.45) is 0 Å². The van der Waals surface area contributed by atoms with E-state index in [1.54, 1.807) is 31.3 Å². The predicted octanol–water partition coefficient (Wildman–Crippen LogP) is 3.95. The van der Waals surface area contributed by atoms with E-state index in [0.29, 0.717) is 24.5 Å².